The first-order valence-corrected chi connectivity index (χ1v) is 10.0. The molecule has 0 saturated carbocycles. The highest BCUT2D eigenvalue weighted by Gasteiger charge is 2.21. The number of amidine groups is 1. The average molecular weight is 417 g/mol. The van der Waals surface area contributed by atoms with Crippen LogP contribution in [0.1, 0.15) is 27.9 Å². The van der Waals surface area contributed by atoms with Gasteiger partial charge in [0.1, 0.15) is 11.6 Å². The molecule has 0 unspecified atom stereocenters. The highest BCUT2D eigenvalue weighted by atomic mass is 35.5. The van der Waals surface area contributed by atoms with Crippen LogP contribution in [0, 0.1) is 0 Å². The van der Waals surface area contributed by atoms with Gasteiger partial charge in [-0.2, -0.15) is 0 Å². The topological polar surface area (TPSA) is 50.7 Å². The standard InChI is InChI=1S/C25H21ClN2O2/c1-30-21-13-9-19(10-14-21)25(29)28-24-16-22(18-7-11-20(26)12-8-18)23(27-24)15-17-5-3-2-4-6-17/h2-14H,15-16H2,1H3,(H,27,28,29). The summed E-state index contributed by atoms with van der Waals surface area (Å²) in [5.41, 5.74) is 4.84. The highest BCUT2D eigenvalue weighted by molar-refractivity contribution is 6.30. The molecule has 1 aliphatic heterocycles. The summed E-state index contributed by atoms with van der Waals surface area (Å²) in [6.45, 7) is 0. The van der Waals surface area contributed by atoms with E-state index in [0.717, 1.165) is 16.8 Å². The van der Waals surface area contributed by atoms with Crippen LogP contribution in [0.5, 0.6) is 5.75 Å². The van der Waals surface area contributed by atoms with Crippen LogP contribution >= 0.6 is 11.6 Å². The van der Waals surface area contributed by atoms with E-state index in [1.54, 1.807) is 31.4 Å². The summed E-state index contributed by atoms with van der Waals surface area (Å²) in [6, 6.07) is 24.9. The number of carbonyl (C=O) groups excluding carboxylic acids is 1. The van der Waals surface area contributed by atoms with Gasteiger partial charge in [0.15, 0.2) is 0 Å². The van der Waals surface area contributed by atoms with Crippen molar-refractivity contribution in [1.29, 1.82) is 0 Å². The molecule has 0 bridgehead atoms. The van der Waals surface area contributed by atoms with Crippen molar-refractivity contribution in [1.82, 2.24) is 5.32 Å². The third kappa shape index (κ3) is 4.61. The van der Waals surface area contributed by atoms with Gasteiger partial charge in [-0.15, -0.1) is 0 Å². The predicted molar refractivity (Wildman–Crippen MR) is 121 cm³/mol. The minimum atomic E-state index is -0.187. The maximum atomic E-state index is 12.7. The molecule has 0 fully saturated rings. The SMILES string of the molecule is COc1ccc(C(=O)NC2=NC(Cc3ccccc3)=C(c3ccc(Cl)cc3)C2)cc1. The number of amides is 1. The fourth-order valence-corrected chi connectivity index (χ4v) is 3.54. The minimum absolute atomic E-state index is 0.187. The molecule has 4 rings (SSSR count). The van der Waals surface area contributed by atoms with Gasteiger partial charge >= 0.3 is 0 Å². The Morgan fingerprint density at radius 1 is 1.00 bits per heavy atom. The van der Waals surface area contributed by atoms with E-state index < -0.39 is 0 Å². The van der Waals surface area contributed by atoms with Crippen molar-refractivity contribution < 1.29 is 9.53 Å². The van der Waals surface area contributed by atoms with E-state index in [9.17, 15) is 4.79 Å². The number of rotatable bonds is 5. The molecular weight excluding hydrogens is 396 g/mol. The number of hydrogen-bond donors (Lipinski definition) is 1. The summed E-state index contributed by atoms with van der Waals surface area (Å²) < 4.78 is 5.15. The Bertz CT molecular complexity index is 1100. The van der Waals surface area contributed by atoms with E-state index in [4.69, 9.17) is 21.3 Å². The van der Waals surface area contributed by atoms with E-state index in [0.29, 0.717) is 35.0 Å². The van der Waals surface area contributed by atoms with Crippen LogP contribution in [0.25, 0.3) is 5.57 Å². The number of nitrogens with zero attached hydrogens (tertiary/aromatic N) is 1. The summed E-state index contributed by atoms with van der Waals surface area (Å²) in [7, 11) is 1.60. The zero-order valence-electron chi connectivity index (χ0n) is 16.6. The molecule has 1 N–H and O–H groups in total. The zero-order chi connectivity index (χ0) is 20.9. The number of methoxy groups -OCH3 is 1. The van der Waals surface area contributed by atoms with Crippen LogP contribution in [0.3, 0.4) is 0 Å². The summed E-state index contributed by atoms with van der Waals surface area (Å²) in [5.74, 6) is 1.17. The lowest BCUT2D eigenvalue weighted by molar-refractivity contribution is 0.0976. The predicted octanol–water partition coefficient (Wildman–Crippen LogP) is 5.53. The molecule has 0 saturated heterocycles. The molecule has 5 heteroatoms. The van der Waals surface area contributed by atoms with E-state index in [1.807, 2.05) is 42.5 Å². The largest absolute Gasteiger partial charge is 0.497 e. The fraction of sp³-hybridized carbons (Fsp3) is 0.120. The smallest absolute Gasteiger partial charge is 0.256 e. The number of benzene rings is 3. The summed E-state index contributed by atoms with van der Waals surface area (Å²) >= 11 is 6.06. The first-order chi connectivity index (χ1) is 14.6. The molecule has 4 nitrogen and oxygen atoms in total. The van der Waals surface area contributed by atoms with Crippen molar-refractivity contribution in [2.24, 2.45) is 4.99 Å². The Hall–Kier alpha value is -3.37. The number of nitrogens with one attached hydrogen (secondary N) is 1. The molecule has 0 aromatic heterocycles. The van der Waals surface area contributed by atoms with Crippen molar-refractivity contribution in [3.05, 3.63) is 106 Å². The number of allylic oxidation sites excluding steroid dienone is 1. The van der Waals surface area contributed by atoms with Crippen molar-refractivity contribution in [3.8, 4) is 5.75 Å². The van der Waals surface area contributed by atoms with E-state index in [1.165, 1.54) is 5.56 Å². The molecule has 150 valence electrons. The Morgan fingerprint density at radius 2 is 1.70 bits per heavy atom. The second-order valence-electron chi connectivity index (χ2n) is 7.01. The molecule has 0 radical (unpaired) electrons. The lowest BCUT2D eigenvalue weighted by atomic mass is 9.99. The van der Waals surface area contributed by atoms with Crippen molar-refractivity contribution in [3.63, 3.8) is 0 Å². The molecule has 30 heavy (non-hydrogen) atoms. The molecular formula is C25H21ClN2O2. The number of halogens is 1. The van der Waals surface area contributed by atoms with E-state index in [2.05, 4.69) is 17.4 Å². The zero-order valence-corrected chi connectivity index (χ0v) is 17.3. The van der Waals surface area contributed by atoms with Crippen LogP contribution < -0.4 is 10.1 Å². The van der Waals surface area contributed by atoms with Crippen molar-refractivity contribution in [2.75, 3.05) is 7.11 Å². The van der Waals surface area contributed by atoms with Gasteiger partial charge in [-0.25, -0.2) is 4.99 Å². The van der Waals surface area contributed by atoms with E-state index in [-0.39, 0.29) is 5.91 Å². The van der Waals surface area contributed by atoms with Gasteiger partial charge in [-0.05, 0) is 53.1 Å². The lowest BCUT2D eigenvalue weighted by Crippen LogP contribution is -2.29. The first kappa shape index (κ1) is 19.9. The fourth-order valence-electron chi connectivity index (χ4n) is 3.41. The van der Waals surface area contributed by atoms with Crippen molar-refractivity contribution >= 4 is 28.9 Å². The second-order valence-corrected chi connectivity index (χ2v) is 7.45. The van der Waals surface area contributed by atoms with Crippen LogP contribution in [0.15, 0.2) is 89.6 Å². The Morgan fingerprint density at radius 3 is 2.37 bits per heavy atom. The van der Waals surface area contributed by atoms with Gasteiger partial charge in [0.25, 0.3) is 5.91 Å². The maximum absolute atomic E-state index is 12.7. The van der Waals surface area contributed by atoms with Gasteiger partial charge in [-0.1, -0.05) is 54.1 Å². The van der Waals surface area contributed by atoms with Crippen LogP contribution in [0.4, 0.5) is 0 Å². The third-order valence-corrected chi connectivity index (χ3v) is 5.23. The molecule has 0 spiro atoms. The van der Waals surface area contributed by atoms with E-state index >= 15 is 0 Å². The van der Waals surface area contributed by atoms with Crippen LogP contribution in [-0.4, -0.2) is 18.9 Å². The van der Waals surface area contributed by atoms with Gasteiger partial charge in [0.05, 0.1) is 12.8 Å². The average Bonchev–Trinajstić information content (AvgIpc) is 3.17. The normalized spacial score (nSPS) is 13.2. The molecule has 1 heterocycles. The number of aliphatic imine (C=N–C) groups is 1. The maximum Gasteiger partial charge on any atom is 0.256 e. The molecule has 3 aromatic carbocycles. The quantitative estimate of drug-likeness (QED) is 0.594. The Kier molecular flexibility index (Phi) is 5.96. The summed E-state index contributed by atoms with van der Waals surface area (Å²) in [4.78, 5) is 17.5. The first-order valence-electron chi connectivity index (χ1n) is 9.67. The number of ether oxygens (including phenoxy) is 1. The number of hydrogen-bond acceptors (Lipinski definition) is 3. The van der Waals surface area contributed by atoms with Crippen molar-refractivity contribution in [2.45, 2.75) is 12.8 Å². The molecule has 1 amide bonds. The van der Waals surface area contributed by atoms with Crippen LogP contribution in [0.2, 0.25) is 5.02 Å². The Balaban J connectivity index is 1.57. The summed E-state index contributed by atoms with van der Waals surface area (Å²) in [5, 5.41) is 3.65. The monoisotopic (exact) mass is 416 g/mol. The van der Waals surface area contributed by atoms with Gasteiger partial charge in [-0.3, -0.25) is 4.79 Å². The van der Waals surface area contributed by atoms with Crippen LogP contribution in [-0.2, 0) is 6.42 Å². The molecule has 0 aliphatic carbocycles. The summed E-state index contributed by atoms with van der Waals surface area (Å²) in [6.07, 6.45) is 1.26. The minimum Gasteiger partial charge on any atom is -0.497 e. The second kappa shape index (κ2) is 8.97. The van der Waals surface area contributed by atoms with Gasteiger partial charge in [0.2, 0.25) is 0 Å². The molecule has 0 atom stereocenters. The Labute approximate surface area is 180 Å². The molecule has 3 aromatic rings. The number of carbonyl (C=O) groups is 1. The third-order valence-electron chi connectivity index (χ3n) is 4.98. The lowest BCUT2D eigenvalue weighted by Gasteiger charge is -2.08. The van der Waals surface area contributed by atoms with Gasteiger partial charge < -0.3 is 10.1 Å². The highest BCUT2D eigenvalue weighted by Crippen LogP contribution is 2.31. The van der Waals surface area contributed by atoms with Gasteiger partial charge in [0, 0.05) is 23.4 Å². The molecule has 1 aliphatic rings.